The van der Waals surface area contributed by atoms with E-state index < -0.39 is 0 Å². The van der Waals surface area contributed by atoms with Crippen molar-refractivity contribution in [1.29, 1.82) is 0 Å². The molecular weight excluding hydrogens is 412 g/mol. The number of ether oxygens (including phenoxy) is 1. The molecule has 2 saturated heterocycles. The topological polar surface area (TPSA) is 45.0 Å². The number of benzene rings is 1. The molecule has 33 heavy (non-hydrogen) atoms. The molecule has 1 aromatic carbocycles. The summed E-state index contributed by atoms with van der Waals surface area (Å²) in [6.07, 6.45) is 11.1. The Hall–Kier alpha value is -1.89. The summed E-state index contributed by atoms with van der Waals surface area (Å²) >= 11 is 0. The summed E-state index contributed by atoms with van der Waals surface area (Å²) in [4.78, 5) is 12.5. The van der Waals surface area contributed by atoms with Crippen LogP contribution in [0.5, 0.6) is 5.75 Å². The van der Waals surface area contributed by atoms with Crippen molar-refractivity contribution in [2.45, 2.75) is 70.5 Å². The van der Waals surface area contributed by atoms with Gasteiger partial charge < -0.3 is 14.1 Å². The quantitative estimate of drug-likeness (QED) is 0.516. The number of likely N-dealkylation sites (tertiary alicyclic amines) is 1. The molecule has 2 aromatic rings. The van der Waals surface area contributed by atoms with E-state index in [0.717, 1.165) is 55.7 Å². The molecule has 0 spiro atoms. The number of hydrogen-bond donors (Lipinski definition) is 0. The van der Waals surface area contributed by atoms with Crippen molar-refractivity contribution in [3.8, 4) is 17.2 Å². The van der Waals surface area contributed by atoms with Gasteiger partial charge in [-0.15, -0.1) is 0 Å². The summed E-state index contributed by atoms with van der Waals surface area (Å²) in [6.45, 7) is 11.1. The van der Waals surface area contributed by atoms with Crippen LogP contribution in [-0.4, -0.2) is 77.6 Å². The Balaban J connectivity index is 1.01. The Morgan fingerprint density at radius 2 is 1.76 bits per heavy atom. The summed E-state index contributed by atoms with van der Waals surface area (Å²) in [5, 5.41) is 0. The zero-order valence-electron chi connectivity index (χ0n) is 20.3. The molecule has 0 amide bonds. The average Bonchev–Trinajstić information content (AvgIpc) is 3.61. The molecule has 2 aliphatic heterocycles. The Labute approximate surface area is 198 Å². The van der Waals surface area contributed by atoms with Gasteiger partial charge in [-0.05, 0) is 69.8 Å². The lowest BCUT2D eigenvalue weighted by Gasteiger charge is -2.38. The fourth-order valence-corrected chi connectivity index (χ4v) is 5.74. The number of piperazine rings is 1. The third-order valence-corrected chi connectivity index (χ3v) is 7.84. The van der Waals surface area contributed by atoms with Crippen LogP contribution >= 0.6 is 0 Å². The van der Waals surface area contributed by atoms with Crippen molar-refractivity contribution in [2.24, 2.45) is 0 Å². The molecular formula is C27H40N4O2. The highest BCUT2D eigenvalue weighted by atomic mass is 16.5. The maximum atomic E-state index is 6.00. The van der Waals surface area contributed by atoms with E-state index >= 15 is 0 Å². The van der Waals surface area contributed by atoms with Crippen molar-refractivity contribution >= 4 is 0 Å². The van der Waals surface area contributed by atoms with Crippen LogP contribution in [0.25, 0.3) is 11.5 Å². The number of aromatic nitrogens is 1. The molecule has 0 bridgehead atoms. The van der Waals surface area contributed by atoms with Crippen molar-refractivity contribution in [3.63, 3.8) is 0 Å². The molecule has 1 atom stereocenters. The maximum absolute atomic E-state index is 6.00. The van der Waals surface area contributed by atoms with Crippen LogP contribution in [0.2, 0.25) is 0 Å². The van der Waals surface area contributed by atoms with Gasteiger partial charge in [0.25, 0.3) is 0 Å². The van der Waals surface area contributed by atoms with E-state index in [1.165, 1.54) is 64.7 Å². The van der Waals surface area contributed by atoms with Crippen molar-refractivity contribution in [3.05, 3.63) is 36.2 Å². The molecule has 0 radical (unpaired) electrons. The van der Waals surface area contributed by atoms with Crippen LogP contribution in [0.15, 0.2) is 34.9 Å². The molecule has 1 aliphatic carbocycles. The van der Waals surface area contributed by atoms with Gasteiger partial charge in [0.1, 0.15) is 12.0 Å². The van der Waals surface area contributed by atoms with E-state index in [1.807, 2.05) is 24.3 Å². The molecule has 1 aromatic heterocycles. The first-order chi connectivity index (χ1) is 16.2. The molecule has 3 aliphatic rings. The summed E-state index contributed by atoms with van der Waals surface area (Å²) in [7, 11) is 0. The molecule has 6 nitrogen and oxygen atoms in total. The summed E-state index contributed by atoms with van der Waals surface area (Å²) in [6, 6.07) is 9.67. The Kier molecular flexibility index (Phi) is 7.64. The SMILES string of the molecule is CC1CCCN1Cc1coc(-c2ccc(OCCCN3CCN(C4CCCC4)CC3)cc2)n1. The minimum atomic E-state index is 0.642. The fraction of sp³-hybridized carbons (Fsp3) is 0.667. The van der Waals surface area contributed by atoms with Crippen molar-refractivity contribution in [2.75, 3.05) is 45.9 Å². The van der Waals surface area contributed by atoms with E-state index in [9.17, 15) is 0 Å². The van der Waals surface area contributed by atoms with Crippen molar-refractivity contribution < 1.29 is 9.15 Å². The van der Waals surface area contributed by atoms with Gasteiger partial charge in [-0.25, -0.2) is 4.98 Å². The van der Waals surface area contributed by atoms with Crippen LogP contribution in [0.3, 0.4) is 0 Å². The first kappa shape index (κ1) is 22.9. The maximum Gasteiger partial charge on any atom is 0.226 e. The molecule has 3 fully saturated rings. The largest absolute Gasteiger partial charge is 0.494 e. The Bertz CT molecular complexity index is 853. The highest BCUT2D eigenvalue weighted by Gasteiger charge is 2.26. The van der Waals surface area contributed by atoms with Gasteiger partial charge in [0.05, 0.1) is 12.3 Å². The fourth-order valence-electron chi connectivity index (χ4n) is 5.74. The average molecular weight is 453 g/mol. The summed E-state index contributed by atoms with van der Waals surface area (Å²) in [5.41, 5.74) is 2.02. The van der Waals surface area contributed by atoms with Gasteiger partial charge in [-0.2, -0.15) is 0 Å². The summed E-state index contributed by atoms with van der Waals surface area (Å²) in [5.74, 6) is 1.61. The van der Waals surface area contributed by atoms with Crippen LogP contribution in [0.1, 0.15) is 57.6 Å². The van der Waals surface area contributed by atoms with Gasteiger partial charge in [0.2, 0.25) is 5.89 Å². The second-order valence-electron chi connectivity index (χ2n) is 10.1. The molecule has 1 saturated carbocycles. The number of oxazole rings is 1. The van der Waals surface area contributed by atoms with Gasteiger partial charge in [0.15, 0.2) is 0 Å². The second kappa shape index (κ2) is 11.0. The molecule has 5 rings (SSSR count). The zero-order valence-corrected chi connectivity index (χ0v) is 20.3. The molecule has 0 N–H and O–H groups in total. The van der Waals surface area contributed by atoms with E-state index in [4.69, 9.17) is 14.1 Å². The highest BCUT2D eigenvalue weighted by molar-refractivity contribution is 5.54. The van der Waals surface area contributed by atoms with E-state index in [2.05, 4.69) is 21.6 Å². The van der Waals surface area contributed by atoms with Crippen LogP contribution in [-0.2, 0) is 6.54 Å². The van der Waals surface area contributed by atoms with E-state index in [-0.39, 0.29) is 0 Å². The first-order valence-corrected chi connectivity index (χ1v) is 13.1. The lowest BCUT2D eigenvalue weighted by Crippen LogP contribution is -2.49. The summed E-state index contributed by atoms with van der Waals surface area (Å²) < 4.78 is 11.8. The molecule has 3 heterocycles. The van der Waals surface area contributed by atoms with Crippen LogP contribution < -0.4 is 4.74 Å². The molecule has 1 unspecified atom stereocenters. The number of rotatable bonds is 9. The predicted molar refractivity (Wildman–Crippen MR) is 131 cm³/mol. The van der Waals surface area contributed by atoms with Gasteiger partial charge in [-0.3, -0.25) is 9.80 Å². The second-order valence-corrected chi connectivity index (χ2v) is 10.1. The van der Waals surface area contributed by atoms with Crippen LogP contribution in [0, 0.1) is 0 Å². The van der Waals surface area contributed by atoms with E-state index in [1.54, 1.807) is 6.26 Å². The number of nitrogens with zero attached hydrogens (tertiary/aromatic N) is 4. The highest BCUT2D eigenvalue weighted by Crippen LogP contribution is 2.25. The van der Waals surface area contributed by atoms with Gasteiger partial charge in [-0.1, -0.05) is 12.8 Å². The molecule has 6 heteroatoms. The standard InChI is InChI=1S/C27H40N4O2/c1-22-6-4-14-31(22)20-24-21-33-27(28-24)23-9-11-26(12-10-23)32-19-5-13-29-15-17-30(18-16-29)25-7-2-3-8-25/h9-12,21-22,25H,2-8,13-20H2,1H3. The third kappa shape index (κ3) is 5.97. The Morgan fingerprint density at radius 1 is 0.970 bits per heavy atom. The minimum Gasteiger partial charge on any atom is -0.494 e. The monoisotopic (exact) mass is 452 g/mol. The lowest BCUT2D eigenvalue weighted by atomic mass is 10.2. The van der Waals surface area contributed by atoms with Gasteiger partial charge >= 0.3 is 0 Å². The predicted octanol–water partition coefficient (Wildman–Crippen LogP) is 4.66. The van der Waals surface area contributed by atoms with Gasteiger partial charge in [0, 0.05) is 56.9 Å². The van der Waals surface area contributed by atoms with Crippen LogP contribution in [0.4, 0.5) is 0 Å². The molecule has 180 valence electrons. The minimum absolute atomic E-state index is 0.642. The number of hydrogen-bond acceptors (Lipinski definition) is 6. The third-order valence-electron chi connectivity index (χ3n) is 7.84. The smallest absolute Gasteiger partial charge is 0.226 e. The zero-order chi connectivity index (χ0) is 22.5. The van der Waals surface area contributed by atoms with E-state index in [0.29, 0.717) is 11.9 Å². The van der Waals surface area contributed by atoms with Crippen molar-refractivity contribution in [1.82, 2.24) is 19.7 Å². The Morgan fingerprint density at radius 3 is 2.48 bits per heavy atom. The lowest BCUT2D eigenvalue weighted by molar-refractivity contribution is 0.0941. The first-order valence-electron chi connectivity index (χ1n) is 13.1. The normalized spacial score (nSPS) is 23.5.